The number of rotatable bonds is 10. The van der Waals surface area contributed by atoms with Gasteiger partial charge in [-0.05, 0) is 61.5 Å². The van der Waals surface area contributed by atoms with Crippen molar-refractivity contribution in [1.29, 1.82) is 0 Å². The molecule has 4 aromatic rings. The second kappa shape index (κ2) is 13.2. The highest BCUT2D eigenvalue weighted by atomic mass is 16.5. The minimum atomic E-state index is -0.732. The zero-order valence-corrected chi connectivity index (χ0v) is 23.0. The topological polar surface area (TPSA) is 154 Å². The SMILES string of the molecule is CCOC(=O)/N=C(\N)c1ccc(NCc2nc3cc(C(=O)N(CCC(=O)OC)c4ccccn4)ccc3n2C)cc1. The number of carbonyl (C=O) groups excluding carboxylic acids is 3. The Hall–Kier alpha value is -5.26. The lowest BCUT2D eigenvalue weighted by atomic mass is 10.1. The molecule has 12 heteroatoms. The lowest BCUT2D eigenvalue weighted by Gasteiger charge is -2.21. The van der Waals surface area contributed by atoms with Crippen molar-refractivity contribution in [3.05, 3.63) is 83.8 Å². The van der Waals surface area contributed by atoms with Crippen LogP contribution in [0.15, 0.2) is 71.9 Å². The van der Waals surface area contributed by atoms with Gasteiger partial charge in [0, 0.05) is 36.6 Å². The van der Waals surface area contributed by atoms with Gasteiger partial charge >= 0.3 is 12.1 Å². The summed E-state index contributed by atoms with van der Waals surface area (Å²) in [6.45, 7) is 2.45. The lowest BCUT2D eigenvalue weighted by molar-refractivity contribution is -0.140. The Kier molecular flexibility index (Phi) is 9.25. The Labute approximate surface area is 236 Å². The van der Waals surface area contributed by atoms with Crippen LogP contribution in [0.4, 0.5) is 16.3 Å². The van der Waals surface area contributed by atoms with Gasteiger partial charge in [-0.2, -0.15) is 4.99 Å². The van der Waals surface area contributed by atoms with E-state index in [0.717, 1.165) is 17.0 Å². The summed E-state index contributed by atoms with van der Waals surface area (Å²) in [6.07, 6.45) is 0.894. The molecule has 0 fully saturated rings. The van der Waals surface area contributed by atoms with E-state index in [-0.39, 0.29) is 31.3 Å². The molecule has 0 saturated carbocycles. The molecule has 0 spiro atoms. The molecule has 0 atom stereocenters. The maximum atomic E-state index is 13.5. The fraction of sp³-hybridized carbons (Fsp3) is 0.241. The lowest BCUT2D eigenvalue weighted by Crippen LogP contribution is -2.33. The van der Waals surface area contributed by atoms with Crippen LogP contribution in [0.25, 0.3) is 11.0 Å². The summed E-state index contributed by atoms with van der Waals surface area (Å²) in [4.78, 5) is 51.0. The Morgan fingerprint density at radius 1 is 1.07 bits per heavy atom. The number of anilines is 2. The van der Waals surface area contributed by atoms with Crippen molar-refractivity contribution in [2.75, 3.05) is 30.5 Å². The van der Waals surface area contributed by atoms with Crippen LogP contribution < -0.4 is 16.0 Å². The Balaban J connectivity index is 1.49. The highest BCUT2D eigenvalue weighted by Crippen LogP contribution is 2.21. The van der Waals surface area contributed by atoms with E-state index in [1.165, 1.54) is 12.0 Å². The van der Waals surface area contributed by atoms with Crippen molar-refractivity contribution < 1.29 is 23.9 Å². The number of nitrogens with two attached hydrogens (primary N) is 1. The number of amidine groups is 1. The molecule has 4 rings (SSSR count). The fourth-order valence-corrected chi connectivity index (χ4v) is 4.09. The first-order valence-electron chi connectivity index (χ1n) is 12.9. The molecule has 0 unspecified atom stereocenters. The summed E-state index contributed by atoms with van der Waals surface area (Å²) in [7, 11) is 3.21. The molecule has 2 heterocycles. The zero-order valence-electron chi connectivity index (χ0n) is 23.0. The fourth-order valence-electron chi connectivity index (χ4n) is 4.09. The van der Waals surface area contributed by atoms with Gasteiger partial charge in [-0.25, -0.2) is 14.8 Å². The van der Waals surface area contributed by atoms with Gasteiger partial charge in [-0.15, -0.1) is 0 Å². The smallest absolute Gasteiger partial charge is 0.435 e. The number of carbonyl (C=O) groups is 3. The number of esters is 1. The monoisotopic (exact) mass is 557 g/mol. The van der Waals surface area contributed by atoms with E-state index in [1.807, 2.05) is 29.8 Å². The molecule has 3 N–H and O–H groups in total. The zero-order chi connectivity index (χ0) is 29.4. The maximum Gasteiger partial charge on any atom is 0.435 e. The van der Waals surface area contributed by atoms with E-state index < -0.39 is 12.1 Å². The van der Waals surface area contributed by atoms with E-state index in [4.69, 9.17) is 20.2 Å². The highest BCUT2D eigenvalue weighted by Gasteiger charge is 2.21. The van der Waals surface area contributed by atoms with Crippen molar-refractivity contribution in [3.63, 3.8) is 0 Å². The molecule has 2 aromatic heterocycles. The molecule has 2 amide bonds. The minimum absolute atomic E-state index is 0.0340. The van der Waals surface area contributed by atoms with Crippen molar-refractivity contribution in [2.24, 2.45) is 17.8 Å². The second-order valence-electron chi connectivity index (χ2n) is 8.89. The number of benzene rings is 2. The van der Waals surface area contributed by atoms with Gasteiger partial charge in [0.05, 0.1) is 37.7 Å². The average molecular weight is 558 g/mol. The number of amides is 2. The largest absolute Gasteiger partial charge is 0.469 e. The van der Waals surface area contributed by atoms with Gasteiger partial charge in [0.1, 0.15) is 17.5 Å². The molecule has 0 aliphatic heterocycles. The standard InChI is InChI=1S/C29H31N7O5/c1-4-41-29(39)34-27(30)19-8-11-21(12-9-19)32-18-25-33-22-17-20(10-13-23(22)35(25)2)28(38)36(16-14-26(37)40-3)24-7-5-6-15-31-24/h5-13,15,17,32H,4,14,16,18H2,1-3H3,(H2,30,34,39). The van der Waals surface area contributed by atoms with Crippen molar-refractivity contribution in [3.8, 4) is 0 Å². The highest BCUT2D eigenvalue weighted by molar-refractivity contribution is 6.07. The van der Waals surface area contributed by atoms with Gasteiger partial charge < -0.3 is 25.1 Å². The van der Waals surface area contributed by atoms with Crippen molar-refractivity contribution in [1.82, 2.24) is 14.5 Å². The summed E-state index contributed by atoms with van der Waals surface area (Å²) in [6, 6.07) is 17.7. The number of fused-ring (bicyclic) bond motifs is 1. The van der Waals surface area contributed by atoms with Crippen LogP contribution in [-0.2, 0) is 27.9 Å². The predicted octanol–water partition coefficient (Wildman–Crippen LogP) is 3.65. The summed E-state index contributed by atoms with van der Waals surface area (Å²) < 4.78 is 11.5. The molecule has 0 bridgehead atoms. The molecule has 0 radical (unpaired) electrons. The molecule has 41 heavy (non-hydrogen) atoms. The third-order valence-corrected chi connectivity index (χ3v) is 6.27. The molecular formula is C29H31N7O5. The number of ether oxygens (including phenoxy) is 2. The number of imidazole rings is 1. The molecule has 12 nitrogen and oxygen atoms in total. The Morgan fingerprint density at radius 2 is 1.83 bits per heavy atom. The average Bonchev–Trinajstić information content (AvgIpc) is 3.31. The number of methoxy groups -OCH3 is 1. The molecule has 212 valence electrons. The number of aryl methyl sites for hydroxylation is 1. The second-order valence-corrected chi connectivity index (χ2v) is 8.89. The molecule has 0 aliphatic rings. The quantitative estimate of drug-likeness (QED) is 0.169. The first-order chi connectivity index (χ1) is 19.8. The van der Waals surface area contributed by atoms with Gasteiger partial charge in [0.15, 0.2) is 0 Å². The van der Waals surface area contributed by atoms with Crippen LogP contribution in [0.2, 0.25) is 0 Å². The van der Waals surface area contributed by atoms with Gasteiger partial charge in [-0.1, -0.05) is 6.07 Å². The molecule has 0 aliphatic carbocycles. The summed E-state index contributed by atoms with van der Waals surface area (Å²) in [5.74, 6) is 0.545. The number of pyridine rings is 1. The number of nitrogens with one attached hydrogen (secondary N) is 1. The van der Waals surface area contributed by atoms with Crippen LogP contribution in [0, 0.1) is 0 Å². The number of nitrogens with zero attached hydrogens (tertiary/aromatic N) is 5. The Bertz CT molecular complexity index is 1570. The normalized spacial score (nSPS) is 11.2. The van der Waals surface area contributed by atoms with Crippen molar-refractivity contribution >= 4 is 46.3 Å². The van der Waals surface area contributed by atoms with E-state index in [9.17, 15) is 14.4 Å². The van der Waals surface area contributed by atoms with E-state index in [1.54, 1.807) is 55.6 Å². The van der Waals surface area contributed by atoms with E-state index >= 15 is 0 Å². The van der Waals surface area contributed by atoms with Crippen LogP contribution in [0.3, 0.4) is 0 Å². The molecule has 2 aromatic carbocycles. The summed E-state index contributed by atoms with van der Waals surface area (Å²) in [5, 5.41) is 3.32. The minimum Gasteiger partial charge on any atom is -0.469 e. The number of hydrogen-bond donors (Lipinski definition) is 2. The van der Waals surface area contributed by atoms with Gasteiger partial charge in [0.2, 0.25) is 0 Å². The van der Waals surface area contributed by atoms with Crippen LogP contribution in [-0.4, -0.2) is 58.6 Å². The van der Waals surface area contributed by atoms with E-state index in [0.29, 0.717) is 29.0 Å². The third-order valence-electron chi connectivity index (χ3n) is 6.27. The summed E-state index contributed by atoms with van der Waals surface area (Å²) in [5.41, 5.74) is 9.23. The number of aliphatic imine (C=N–C) groups is 1. The van der Waals surface area contributed by atoms with Gasteiger partial charge in [-0.3, -0.25) is 14.5 Å². The van der Waals surface area contributed by atoms with Gasteiger partial charge in [0.25, 0.3) is 5.91 Å². The van der Waals surface area contributed by atoms with Crippen LogP contribution in [0.5, 0.6) is 0 Å². The Morgan fingerprint density at radius 3 is 2.51 bits per heavy atom. The first kappa shape index (κ1) is 28.7. The molecular weight excluding hydrogens is 526 g/mol. The van der Waals surface area contributed by atoms with Crippen LogP contribution >= 0.6 is 0 Å². The predicted molar refractivity (Wildman–Crippen MR) is 155 cm³/mol. The molecule has 0 saturated heterocycles. The maximum absolute atomic E-state index is 13.5. The third kappa shape index (κ3) is 7.04. The summed E-state index contributed by atoms with van der Waals surface area (Å²) >= 11 is 0. The van der Waals surface area contributed by atoms with Crippen molar-refractivity contribution in [2.45, 2.75) is 19.9 Å². The number of aromatic nitrogens is 3. The first-order valence-corrected chi connectivity index (χ1v) is 12.9. The number of hydrogen-bond acceptors (Lipinski definition) is 8. The van der Waals surface area contributed by atoms with E-state index in [2.05, 4.69) is 15.3 Å². The van der Waals surface area contributed by atoms with Crippen LogP contribution in [0.1, 0.15) is 35.1 Å².